The number of carbonyl (C=O) groups is 5. The van der Waals surface area contributed by atoms with Gasteiger partial charge < -0.3 is 49.4 Å². The molecule has 0 aromatic heterocycles. The number of imide groups is 1. The predicted molar refractivity (Wildman–Crippen MR) is 155 cm³/mol. The van der Waals surface area contributed by atoms with E-state index < -0.39 is 54.5 Å². The highest BCUT2D eigenvalue weighted by molar-refractivity contribution is 6.13. The molecular formula is C30H40N2O14. The van der Waals surface area contributed by atoms with Gasteiger partial charge in [-0.1, -0.05) is 13.0 Å². The van der Waals surface area contributed by atoms with E-state index >= 15 is 0 Å². The summed E-state index contributed by atoms with van der Waals surface area (Å²) in [6, 6.07) is 5.00. The molecule has 2 heterocycles. The van der Waals surface area contributed by atoms with Crippen LogP contribution >= 0.6 is 0 Å². The van der Waals surface area contributed by atoms with Crippen molar-refractivity contribution in [2.45, 2.75) is 69.9 Å². The summed E-state index contributed by atoms with van der Waals surface area (Å²) >= 11 is 0. The molecule has 0 aliphatic carbocycles. The van der Waals surface area contributed by atoms with Crippen LogP contribution in [0.2, 0.25) is 0 Å². The zero-order valence-corrected chi connectivity index (χ0v) is 25.4. The van der Waals surface area contributed by atoms with Crippen LogP contribution in [0, 0.1) is 0 Å². The summed E-state index contributed by atoms with van der Waals surface area (Å²) in [7, 11) is 0. The fourth-order valence-corrected chi connectivity index (χ4v) is 4.47. The number of esters is 1. The Morgan fingerprint density at radius 3 is 2.33 bits per heavy atom. The standard InChI is InChI=1S/C30H40N2O14/c1-2-24(36)44-17-19-16-18(5-6-20(19)45-30-27(39)25(37)26(38)28(46-30)29(40)41)4-3-12-42-14-15-43-13-10-31-21(33)9-11-32-22(34)7-8-23(32)35/h5-8,16,25-28,30,37-39H,2-4,9-15,17H2,1H3,(H,31,33)(H,40,41)/t25-,26-,27+,28-,30+/m0/s1. The monoisotopic (exact) mass is 652 g/mol. The summed E-state index contributed by atoms with van der Waals surface area (Å²) in [5.74, 6) is -3.04. The zero-order valence-electron chi connectivity index (χ0n) is 25.4. The van der Waals surface area contributed by atoms with Gasteiger partial charge in [-0.2, -0.15) is 0 Å². The fraction of sp³-hybridized carbons (Fsp3) is 0.567. The van der Waals surface area contributed by atoms with Crippen molar-refractivity contribution in [3.8, 4) is 5.75 Å². The van der Waals surface area contributed by atoms with Crippen LogP contribution in [-0.4, -0.2) is 125 Å². The van der Waals surface area contributed by atoms with Gasteiger partial charge >= 0.3 is 11.9 Å². The van der Waals surface area contributed by atoms with Gasteiger partial charge in [0.1, 0.15) is 30.7 Å². The molecule has 16 nitrogen and oxygen atoms in total. The molecule has 254 valence electrons. The molecule has 0 unspecified atom stereocenters. The number of aliphatic hydroxyl groups excluding tert-OH is 3. The van der Waals surface area contributed by atoms with E-state index in [4.69, 9.17) is 23.7 Å². The van der Waals surface area contributed by atoms with Gasteiger partial charge in [0, 0.05) is 50.3 Å². The lowest BCUT2D eigenvalue weighted by molar-refractivity contribution is -0.271. The van der Waals surface area contributed by atoms with Crippen LogP contribution in [0.15, 0.2) is 30.4 Å². The smallest absolute Gasteiger partial charge is 0.335 e. The highest BCUT2D eigenvalue weighted by atomic mass is 16.7. The minimum absolute atomic E-state index is 0.00379. The van der Waals surface area contributed by atoms with E-state index in [9.17, 15) is 44.4 Å². The van der Waals surface area contributed by atoms with E-state index in [0.717, 1.165) is 10.5 Å². The van der Waals surface area contributed by atoms with Crippen LogP contribution in [0.1, 0.15) is 37.3 Å². The van der Waals surface area contributed by atoms with Crippen LogP contribution in [0.4, 0.5) is 0 Å². The lowest BCUT2D eigenvalue weighted by Crippen LogP contribution is -2.61. The summed E-state index contributed by atoms with van der Waals surface area (Å²) in [5.41, 5.74) is 1.27. The molecule has 1 saturated heterocycles. The number of aliphatic carboxylic acids is 1. The molecule has 3 rings (SSSR count). The number of nitrogens with zero attached hydrogens (tertiary/aromatic N) is 1. The largest absolute Gasteiger partial charge is 0.479 e. The van der Waals surface area contributed by atoms with Gasteiger partial charge in [0.15, 0.2) is 6.10 Å². The number of aryl methyl sites for hydroxylation is 1. The molecule has 0 radical (unpaired) electrons. The number of aliphatic hydroxyl groups is 3. The molecule has 16 heteroatoms. The number of benzene rings is 1. The first-order chi connectivity index (χ1) is 22.0. The van der Waals surface area contributed by atoms with Gasteiger partial charge in [0.25, 0.3) is 11.8 Å². The second-order valence-corrected chi connectivity index (χ2v) is 10.4. The molecule has 0 bridgehead atoms. The molecule has 1 aromatic rings. The van der Waals surface area contributed by atoms with Crippen LogP contribution < -0.4 is 10.1 Å². The molecule has 1 fully saturated rings. The van der Waals surface area contributed by atoms with Gasteiger partial charge in [-0.3, -0.25) is 24.1 Å². The molecule has 0 saturated carbocycles. The maximum absolute atomic E-state index is 11.9. The SMILES string of the molecule is CCC(=O)OCc1cc(CCCOCCOCCNC(=O)CCN2C(=O)C=CC2=O)ccc1O[C@@H]1O[C@H](C(=O)O)[C@@H](O)[C@H](O)[C@H]1O. The minimum atomic E-state index is -1.86. The topological polar surface area (TPSA) is 228 Å². The van der Waals surface area contributed by atoms with Crippen molar-refractivity contribution in [2.75, 3.05) is 39.5 Å². The van der Waals surface area contributed by atoms with E-state index in [-0.39, 0.29) is 50.8 Å². The van der Waals surface area contributed by atoms with Crippen molar-refractivity contribution in [3.05, 3.63) is 41.5 Å². The van der Waals surface area contributed by atoms with Crippen LogP contribution in [0.3, 0.4) is 0 Å². The van der Waals surface area contributed by atoms with E-state index in [1.807, 2.05) is 0 Å². The number of rotatable bonds is 19. The molecular weight excluding hydrogens is 612 g/mol. The molecule has 1 aromatic carbocycles. The Balaban J connectivity index is 1.37. The lowest BCUT2D eigenvalue weighted by Gasteiger charge is -2.38. The third-order valence-corrected chi connectivity index (χ3v) is 7.02. The molecule has 5 atom stereocenters. The second kappa shape index (κ2) is 18.3. The molecule has 3 amide bonds. The van der Waals surface area contributed by atoms with Crippen molar-refractivity contribution < 1.29 is 68.1 Å². The average molecular weight is 653 g/mol. The maximum Gasteiger partial charge on any atom is 0.335 e. The van der Waals surface area contributed by atoms with Gasteiger partial charge in [-0.25, -0.2) is 4.79 Å². The number of amides is 3. The Morgan fingerprint density at radius 2 is 1.65 bits per heavy atom. The van der Waals surface area contributed by atoms with Crippen molar-refractivity contribution >= 4 is 29.7 Å². The summed E-state index contributed by atoms with van der Waals surface area (Å²) in [6.45, 7) is 3.06. The Kier molecular flexibility index (Phi) is 14.5. The lowest BCUT2D eigenvalue weighted by atomic mass is 9.99. The fourth-order valence-electron chi connectivity index (χ4n) is 4.47. The summed E-state index contributed by atoms with van der Waals surface area (Å²) in [5, 5.41) is 42.2. The number of carboxylic acid groups (broad SMARTS) is 1. The summed E-state index contributed by atoms with van der Waals surface area (Å²) in [6.07, 6.45) is -5.19. The number of carboxylic acids is 1. The Bertz CT molecular complexity index is 1240. The van der Waals surface area contributed by atoms with Crippen molar-refractivity contribution in [1.82, 2.24) is 10.2 Å². The van der Waals surface area contributed by atoms with E-state index in [0.29, 0.717) is 38.2 Å². The zero-order chi connectivity index (χ0) is 33.6. The van der Waals surface area contributed by atoms with Gasteiger partial charge in [0.2, 0.25) is 12.2 Å². The highest BCUT2D eigenvalue weighted by Crippen LogP contribution is 2.28. The Labute approximate surface area is 264 Å². The van der Waals surface area contributed by atoms with Crippen molar-refractivity contribution in [1.29, 1.82) is 0 Å². The van der Waals surface area contributed by atoms with E-state index in [1.165, 1.54) is 12.2 Å². The quantitative estimate of drug-likeness (QED) is 0.0673. The minimum Gasteiger partial charge on any atom is -0.479 e. The maximum atomic E-state index is 11.9. The molecule has 5 N–H and O–H groups in total. The molecule has 0 spiro atoms. The number of ether oxygens (including phenoxy) is 5. The highest BCUT2D eigenvalue weighted by Gasteiger charge is 2.48. The third kappa shape index (κ3) is 10.9. The van der Waals surface area contributed by atoms with E-state index in [1.54, 1.807) is 25.1 Å². The van der Waals surface area contributed by atoms with Gasteiger partial charge in [0.05, 0.1) is 19.8 Å². The number of carbonyl (C=O) groups excluding carboxylic acids is 4. The van der Waals surface area contributed by atoms with Crippen LogP contribution in [0.25, 0.3) is 0 Å². The number of hydrogen-bond acceptors (Lipinski definition) is 13. The number of hydrogen-bond donors (Lipinski definition) is 5. The van der Waals surface area contributed by atoms with Gasteiger partial charge in [-0.15, -0.1) is 0 Å². The average Bonchev–Trinajstić information content (AvgIpc) is 3.36. The van der Waals surface area contributed by atoms with Crippen molar-refractivity contribution in [2.24, 2.45) is 0 Å². The molecule has 46 heavy (non-hydrogen) atoms. The predicted octanol–water partition coefficient (Wildman–Crippen LogP) is -1.19. The molecule has 2 aliphatic rings. The first-order valence-corrected chi connectivity index (χ1v) is 14.8. The Hall–Kier alpha value is -3.93. The first-order valence-electron chi connectivity index (χ1n) is 14.8. The Morgan fingerprint density at radius 1 is 0.957 bits per heavy atom. The second-order valence-electron chi connectivity index (χ2n) is 10.4. The van der Waals surface area contributed by atoms with Crippen LogP contribution in [-0.2, 0) is 55.9 Å². The molecule has 2 aliphatic heterocycles. The summed E-state index contributed by atoms with van der Waals surface area (Å²) in [4.78, 5) is 59.0. The summed E-state index contributed by atoms with van der Waals surface area (Å²) < 4.78 is 27.1. The van der Waals surface area contributed by atoms with Crippen LogP contribution in [0.5, 0.6) is 5.75 Å². The third-order valence-electron chi connectivity index (χ3n) is 7.02. The van der Waals surface area contributed by atoms with Crippen molar-refractivity contribution in [3.63, 3.8) is 0 Å². The van der Waals surface area contributed by atoms with E-state index in [2.05, 4.69) is 5.32 Å². The number of nitrogens with one attached hydrogen (secondary N) is 1. The normalized spacial score (nSPS) is 22.6. The van der Waals surface area contributed by atoms with Gasteiger partial charge in [-0.05, 0) is 30.5 Å². The first kappa shape index (κ1) is 36.5.